The first-order valence-electron chi connectivity index (χ1n) is 3.83. The average Bonchev–Trinajstić information content (AvgIpc) is 1.99. The van der Waals surface area contributed by atoms with E-state index in [1.165, 1.54) is 0 Å². The topological polar surface area (TPSA) is 27.7 Å². The Morgan fingerprint density at radius 1 is 1.17 bits per heavy atom. The maximum absolute atomic E-state index is 5.65. The van der Waals surface area contributed by atoms with E-state index in [1.807, 2.05) is 20.8 Å². The van der Waals surface area contributed by atoms with Crippen LogP contribution < -0.4 is 0 Å². The molecule has 3 nitrogen and oxygen atoms in total. The van der Waals surface area contributed by atoms with Crippen LogP contribution in [0.25, 0.3) is 0 Å². The van der Waals surface area contributed by atoms with Crippen molar-refractivity contribution in [2.24, 2.45) is 0 Å². The zero-order chi connectivity index (χ0) is 9.83. The van der Waals surface area contributed by atoms with Gasteiger partial charge in [0.25, 0.3) is 0 Å². The van der Waals surface area contributed by atoms with E-state index in [0.29, 0.717) is 0 Å². The first-order valence-corrected chi connectivity index (χ1v) is 5.63. The van der Waals surface area contributed by atoms with Gasteiger partial charge in [-0.2, -0.15) is 0 Å². The molecule has 0 aliphatic carbocycles. The van der Waals surface area contributed by atoms with Gasteiger partial charge in [-0.25, -0.2) is 0 Å². The molecule has 0 bridgehead atoms. The van der Waals surface area contributed by atoms with Crippen LogP contribution in [0.5, 0.6) is 0 Å². The first kappa shape index (κ1) is 11.8. The van der Waals surface area contributed by atoms with E-state index in [0.717, 1.165) is 0 Å². The highest BCUT2D eigenvalue weighted by Gasteiger charge is 2.39. The van der Waals surface area contributed by atoms with Crippen LogP contribution >= 0.6 is 0 Å². The lowest BCUT2D eigenvalue weighted by Crippen LogP contribution is -2.47. The molecule has 0 rings (SSSR count). The molecule has 0 aliphatic heterocycles. The molecule has 12 heavy (non-hydrogen) atoms. The third-order valence-electron chi connectivity index (χ3n) is 1.27. The van der Waals surface area contributed by atoms with Gasteiger partial charge in [0, 0.05) is 14.2 Å². The summed E-state index contributed by atoms with van der Waals surface area (Å²) in [6.07, 6.45) is 0. The van der Waals surface area contributed by atoms with Gasteiger partial charge >= 0.3 is 8.80 Å². The SMILES string of the molecule is C=C[Si](OC)(OC)OC(C)(C)C. The van der Waals surface area contributed by atoms with Crippen molar-refractivity contribution >= 4 is 8.80 Å². The fourth-order valence-corrected chi connectivity index (χ4v) is 2.41. The molecule has 0 atom stereocenters. The van der Waals surface area contributed by atoms with Crippen molar-refractivity contribution in [2.45, 2.75) is 26.4 Å². The summed E-state index contributed by atoms with van der Waals surface area (Å²) in [5.74, 6) is 0. The molecule has 0 N–H and O–H groups in total. The van der Waals surface area contributed by atoms with Crippen molar-refractivity contribution in [2.75, 3.05) is 14.2 Å². The summed E-state index contributed by atoms with van der Waals surface area (Å²) in [5.41, 5.74) is 1.35. The molecule has 0 fully saturated rings. The van der Waals surface area contributed by atoms with Crippen LogP contribution in [0.2, 0.25) is 0 Å². The van der Waals surface area contributed by atoms with E-state index in [4.69, 9.17) is 13.3 Å². The molecule has 0 radical (unpaired) electrons. The van der Waals surface area contributed by atoms with Gasteiger partial charge < -0.3 is 13.3 Å². The van der Waals surface area contributed by atoms with E-state index in [1.54, 1.807) is 19.9 Å². The van der Waals surface area contributed by atoms with Crippen molar-refractivity contribution in [3.63, 3.8) is 0 Å². The fourth-order valence-electron chi connectivity index (χ4n) is 0.802. The molecule has 0 saturated carbocycles. The van der Waals surface area contributed by atoms with Crippen LogP contribution in [0, 0.1) is 0 Å². The highest BCUT2D eigenvalue weighted by molar-refractivity contribution is 6.66. The second kappa shape index (κ2) is 4.18. The van der Waals surface area contributed by atoms with E-state index < -0.39 is 8.80 Å². The Hall–Kier alpha value is -0.163. The molecule has 72 valence electrons. The van der Waals surface area contributed by atoms with Gasteiger partial charge in [0.1, 0.15) is 0 Å². The zero-order valence-electron chi connectivity index (χ0n) is 8.51. The quantitative estimate of drug-likeness (QED) is 0.632. The maximum atomic E-state index is 5.65. The molecule has 0 aliphatic rings. The van der Waals surface area contributed by atoms with Gasteiger partial charge in [0.2, 0.25) is 0 Å². The summed E-state index contributed by atoms with van der Waals surface area (Å²) in [5, 5.41) is 0. The number of hydrogen-bond acceptors (Lipinski definition) is 3. The Balaban J connectivity index is 4.41. The molecule has 0 aromatic rings. The standard InChI is InChI=1S/C8H18O3Si/c1-7-12(9-5,10-6)11-8(2,3)4/h7H,1H2,2-6H3. The van der Waals surface area contributed by atoms with Gasteiger partial charge in [-0.15, -0.1) is 0 Å². The Morgan fingerprint density at radius 2 is 1.58 bits per heavy atom. The average molecular weight is 190 g/mol. The second-order valence-electron chi connectivity index (χ2n) is 3.43. The van der Waals surface area contributed by atoms with Crippen molar-refractivity contribution in [3.05, 3.63) is 12.3 Å². The lowest BCUT2D eigenvalue weighted by atomic mass is 10.2. The molecule has 0 amide bonds. The highest BCUT2D eigenvalue weighted by atomic mass is 28.4. The summed E-state index contributed by atoms with van der Waals surface area (Å²) in [6.45, 7) is 9.51. The smallest absolute Gasteiger partial charge is 0.374 e. The summed E-state index contributed by atoms with van der Waals surface area (Å²) in [4.78, 5) is 0. The highest BCUT2D eigenvalue weighted by Crippen LogP contribution is 2.18. The van der Waals surface area contributed by atoms with Gasteiger partial charge in [0.15, 0.2) is 0 Å². The van der Waals surface area contributed by atoms with Crippen molar-refractivity contribution in [1.82, 2.24) is 0 Å². The van der Waals surface area contributed by atoms with Crippen molar-refractivity contribution < 1.29 is 13.3 Å². The molecule has 4 heteroatoms. The Morgan fingerprint density at radius 3 is 1.67 bits per heavy atom. The fraction of sp³-hybridized carbons (Fsp3) is 0.750. The zero-order valence-corrected chi connectivity index (χ0v) is 9.51. The minimum Gasteiger partial charge on any atom is -0.374 e. The number of hydrogen-bond donors (Lipinski definition) is 0. The van der Waals surface area contributed by atoms with Crippen LogP contribution in [0.1, 0.15) is 20.8 Å². The summed E-state index contributed by atoms with van der Waals surface area (Å²) < 4.78 is 16.0. The van der Waals surface area contributed by atoms with Gasteiger partial charge in [0.05, 0.1) is 5.60 Å². The Bertz CT molecular complexity index is 147. The van der Waals surface area contributed by atoms with Crippen LogP contribution in [-0.2, 0) is 13.3 Å². The molecule has 0 aromatic carbocycles. The molecule has 0 saturated heterocycles. The largest absolute Gasteiger partial charge is 0.528 e. The van der Waals surface area contributed by atoms with E-state index >= 15 is 0 Å². The van der Waals surface area contributed by atoms with E-state index in [2.05, 4.69) is 6.58 Å². The summed E-state index contributed by atoms with van der Waals surface area (Å²) >= 11 is 0. The van der Waals surface area contributed by atoms with Gasteiger partial charge in [-0.05, 0) is 26.5 Å². The van der Waals surface area contributed by atoms with Crippen molar-refractivity contribution in [3.8, 4) is 0 Å². The third-order valence-corrected chi connectivity index (χ3v) is 3.80. The van der Waals surface area contributed by atoms with Crippen molar-refractivity contribution in [1.29, 1.82) is 0 Å². The molecular formula is C8H18O3Si. The molecule has 0 heterocycles. The Kier molecular flexibility index (Phi) is 4.12. The summed E-state index contributed by atoms with van der Waals surface area (Å²) in [6, 6.07) is 0. The monoisotopic (exact) mass is 190 g/mol. The molecule has 0 unspecified atom stereocenters. The maximum Gasteiger partial charge on any atom is 0.528 e. The molecular weight excluding hydrogens is 172 g/mol. The minimum absolute atomic E-state index is 0.271. The lowest BCUT2D eigenvalue weighted by molar-refractivity contribution is 0.0262. The number of rotatable bonds is 4. The molecule has 0 aromatic heterocycles. The summed E-state index contributed by atoms with van der Waals surface area (Å²) in [7, 11) is 0.556. The van der Waals surface area contributed by atoms with Gasteiger partial charge in [-0.1, -0.05) is 6.58 Å². The first-order chi connectivity index (χ1) is 5.39. The van der Waals surface area contributed by atoms with Crippen LogP contribution in [-0.4, -0.2) is 28.6 Å². The van der Waals surface area contributed by atoms with Gasteiger partial charge in [-0.3, -0.25) is 0 Å². The lowest BCUT2D eigenvalue weighted by Gasteiger charge is -2.31. The van der Waals surface area contributed by atoms with Crippen LogP contribution in [0.15, 0.2) is 12.3 Å². The van der Waals surface area contributed by atoms with E-state index in [-0.39, 0.29) is 5.60 Å². The van der Waals surface area contributed by atoms with Crippen LogP contribution in [0.4, 0.5) is 0 Å². The molecule has 0 spiro atoms. The Labute approximate surface area is 75.7 Å². The minimum atomic E-state index is -2.59. The van der Waals surface area contributed by atoms with E-state index in [9.17, 15) is 0 Å². The third kappa shape index (κ3) is 3.49. The normalized spacial score (nSPS) is 13.1. The van der Waals surface area contributed by atoms with Crippen LogP contribution in [0.3, 0.4) is 0 Å². The predicted molar refractivity (Wildman–Crippen MR) is 50.8 cm³/mol. The predicted octanol–water partition coefficient (Wildman–Crippen LogP) is 1.76. The second-order valence-corrected chi connectivity index (χ2v) is 6.07.